The summed E-state index contributed by atoms with van der Waals surface area (Å²) < 4.78 is 63.6. The van der Waals surface area contributed by atoms with Gasteiger partial charge in [-0.1, -0.05) is 25.1 Å². The van der Waals surface area contributed by atoms with Gasteiger partial charge >= 0.3 is 13.8 Å². The van der Waals surface area contributed by atoms with Crippen molar-refractivity contribution in [3.05, 3.63) is 84.5 Å². The monoisotopic (exact) mass is 1180 g/mol. The van der Waals surface area contributed by atoms with Crippen LogP contribution in [0.2, 0.25) is 0 Å². The van der Waals surface area contributed by atoms with Crippen LogP contribution in [0.15, 0.2) is 68.5 Å². The van der Waals surface area contributed by atoms with Crippen LogP contribution in [0, 0.1) is 22.7 Å². The number of hydrogen-bond acceptors (Lipinski definition) is 14. The number of rotatable bonds is 18. The van der Waals surface area contributed by atoms with Crippen molar-refractivity contribution in [1.82, 2.24) is 15.5 Å². The van der Waals surface area contributed by atoms with Crippen molar-refractivity contribution in [2.75, 3.05) is 25.0 Å². The zero-order valence-corrected chi connectivity index (χ0v) is 43.7. The van der Waals surface area contributed by atoms with Crippen LogP contribution in [0.5, 0.6) is 0 Å². The summed E-state index contributed by atoms with van der Waals surface area (Å²) in [6.45, 7) is 1.07. The maximum Gasteiger partial charge on any atom is 0.470 e. The molecule has 2 aliphatic heterocycles. The first-order valence-electron chi connectivity index (χ1n) is 22.9. The molecule has 2 aromatic rings. The molecular weight excluding hydrogens is 1140 g/mol. The van der Waals surface area contributed by atoms with Gasteiger partial charge in [0.25, 0.3) is 11.8 Å². The average molecular weight is 1190 g/mol. The Morgan fingerprint density at radius 1 is 1.01 bits per heavy atom. The third-order valence-electron chi connectivity index (χ3n) is 15.1. The van der Waals surface area contributed by atoms with Crippen molar-refractivity contribution in [3.63, 3.8) is 0 Å². The normalized spacial score (nSPS) is 31.8. The number of benzene rings is 1. The molecule has 1 aromatic heterocycles. The van der Waals surface area contributed by atoms with E-state index in [1.54, 1.807) is 42.6 Å². The highest BCUT2D eigenvalue weighted by molar-refractivity contribution is 9.14. The number of aliphatic carboxylic acids is 1. The molecule has 1 aromatic carbocycles. The molecule has 4 fully saturated rings. The molecule has 0 radical (unpaired) electrons. The highest BCUT2D eigenvalue weighted by atomic mass is 79.9. The van der Waals surface area contributed by atoms with E-state index < -0.39 is 152 Å². The zero-order valence-electron chi connectivity index (χ0n) is 38.8. The largest absolute Gasteiger partial charge is 0.481 e. The molecule has 3 saturated carbocycles. The van der Waals surface area contributed by atoms with E-state index in [4.69, 9.17) is 9.47 Å². The van der Waals surface area contributed by atoms with Crippen molar-refractivity contribution in [1.29, 1.82) is 0 Å². The van der Waals surface area contributed by atoms with Gasteiger partial charge in [0.15, 0.2) is 29.1 Å². The second-order valence-corrected chi connectivity index (χ2v) is 23.1. The lowest BCUT2D eigenvalue weighted by Gasteiger charge is -2.63. The van der Waals surface area contributed by atoms with E-state index in [1.165, 1.54) is 24.3 Å². The van der Waals surface area contributed by atoms with Crippen LogP contribution in [0.1, 0.15) is 74.7 Å². The smallest absolute Gasteiger partial charge is 0.470 e. The van der Waals surface area contributed by atoms with Crippen LogP contribution in [-0.2, 0) is 63.3 Å². The van der Waals surface area contributed by atoms with E-state index >= 15 is 8.78 Å². The lowest BCUT2D eigenvalue weighted by atomic mass is 9.44. The van der Waals surface area contributed by atoms with Crippen LogP contribution in [-0.4, -0.2) is 127 Å². The number of aliphatic hydroxyl groups excluding tert-OH is 1. The summed E-state index contributed by atoms with van der Waals surface area (Å²) in [5.41, 5.74) is -6.24. The van der Waals surface area contributed by atoms with E-state index in [9.17, 15) is 62.9 Å². The van der Waals surface area contributed by atoms with E-state index in [1.807, 2.05) is 0 Å². The lowest BCUT2D eigenvalue weighted by molar-refractivity contribution is -0.235. The maximum atomic E-state index is 17.9. The number of amides is 5. The van der Waals surface area contributed by atoms with E-state index in [0.29, 0.717) is 17.7 Å². The summed E-state index contributed by atoms with van der Waals surface area (Å²) in [6, 6.07) is 7.03. The van der Waals surface area contributed by atoms with Gasteiger partial charge in [0, 0.05) is 58.7 Å². The number of nitrogens with zero attached hydrogens (tertiary/aromatic N) is 1. The first kappa shape index (κ1) is 54.6. The zero-order chi connectivity index (χ0) is 53.2. The lowest BCUT2D eigenvalue weighted by Crippen LogP contribution is -2.70. The second kappa shape index (κ2) is 20.4. The Kier molecular flexibility index (Phi) is 15.3. The highest BCUT2D eigenvalue weighted by Crippen LogP contribution is 2.73. The van der Waals surface area contributed by atoms with Gasteiger partial charge in [-0.15, -0.1) is 11.3 Å². The molecule has 11 atom stereocenters. The molecule has 20 nitrogen and oxygen atoms in total. The Hall–Kier alpha value is -4.69. The summed E-state index contributed by atoms with van der Waals surface area (Å²) in [5.74, 6) is -8.20. The fourth-order valence-electron chi connectivity index (χ4n) is 11.6. The molecule has 3 heterocycles. The van der Waals surface area contributed by atoms with Crippen LogP contribution in [0.4, 0.5) is 14.5 Å². The number of anilines is 1. The molecule has 73 heavy (non-hydrogen) atoms. The van der Waals surface area contributed by atoms with E-state index in [-0.39, 0.29) is 40.3 Å². The fourth-order valence-corrected chi connectivity index (χ4v) is 13.6. The third-order valence-corrected chi connectivity index (χ3v) is 18.5. The van der Waals surface area contributed by atoms with Crippen LogP contribution in [0.25, 0.3) is 0 Å². The Bertz CT molecular complexity index is 2800. The Labute approximate surface area is 435 Å². The standard InChI is InChI=1S/C47H49Br2F2N4O16PS/c1-44-11-9-25(56)15-29(44)30(50)16-28-27-17-34-47(33(58)20-69-72(66,67)68,45(27,2)18-32(57)46(28,44)51)71-43(70-34)23-14-26(73-21-23)13-22-3-5-24(6-4-22)53-40(63)31(7-8-37(61)62)54-36(60)19-52-35(59)10-12-55-41(64)38(48)39(49)42(55)65/h3-6,9,11,14-15,21,27-28,30-32,34,43,57H,7-8,10,12-13,16-20H2,1-2H3,(H,52,59)(H,53,63)(H,54,60)(H,61,62)(H2,66,67,68)/t27-,28-,30-,31-,32-,34+,43+,44-,45-,46-,47+/m0/s1. The molecule has 4 aliphatic carbocycles. The number of imide groups is 1. The highest BCUT2D eigenvalue weighted by Gasteiger charge is 2.80. The fraction of sp³-hybridized carbons (Fsp3) is 0.489. The van der Waals surface area contributed by atoms with Gasteiger partial charge in [0.1, 0.15) is 27.8 Å². The molecule has 6 aliphatic rings. The van der Waals surface area contributed by atoms with Crippen molar-refractivity contribution in [3.8, 4) is 0 Å². The number of ether oxygens (including phenoxy) is 2. The molecule has 8 rings (SSSR count). The number of carbonyl (C=O) groups is 8. The van der Waals surface area contributed by atoms with Crippen molar-refractivity contribution in [2.45, 2.75) is 101 Å². The van der Waals surface area contributed by atoms with Gasteiger partial charge in [-0.05, 0) is 117 Å². The number of fused-ring (bicyclic) bond motifs is 7. The quantitative estimate of drug-likeness (QED) is 0.0810. The summed E-state index contributed by atoms with van der Waals surface area (Å²) in [6.07, 6.45) is -4.02. The molecule has 5 amide bonds. The minimum absolute atomic E-state index is 0.00971. The molecule has 7 N–H and O–H groups in total. The number of thiophene rings is 1. The number of halogens is 4. The predicted octanol–water partition coefficient (Wildman–Crippen LogP) is 4.26. The van der Waals surface area contributed by atoms with Gasteiger partial charge in [0.2, 0.25) is 17.7 Å². The van der Waals surface area contributed by atoms with Gasteiger partial charge in [-0.25, -0.2) is 13.3 Å². The SMILES string of the molecule is C[C@]12C=CC(=O)C=C1[C@@H](F)C[C@H]1[C@@H]3C[C@H]4O[C@@H](c5csc(Cc6ccc(NC(=O)[C@H](CCC(=O)O)NC(=O)CNC(=O)CCN7C(=O)C(Br)=C(Br)C7=O)cc6)c5)O[C@@]4(C(=O)COP(=O)(O)O)[C@@]3(C)C[C@H](O)[C@@]12F. The first-order valence-corrected chi connectivity index (χ1v) is 26.9. The van der Waals surface area contributed by atoms with Gasteiger partial charge < -0.3 is 45.4 Å². The number of hydrogen-bond donors (Lipinski definition) is 7. The van der Waals surface area contributed by atoms with Gasteiger partial charge in [-0.2, -0.15) is 0 Å². The number of carboxylic acid groups (broad SMARTS) is 1. The molecule has 0 unspecified atom stereocenters. The van der Waals surface area contributed by atoms with Gasteiger partial charge in [-0.3, -0.25) is 47.8 Å². The number of aliphatic hydroxyl groups is 1. The molecule has 0 bridgehead atoms. The Morgan fingerprint density at radius 3 is 2.36 bits per heavy atom. The number of carbonyl (C=O) groups excluding carboxylic acids is 7. The van der Waals surface area contributed by atoms with Crippen LogP contribution in [0.3, 0.4) is 0 Å². The summed E-state index contributed by atoms with van der Waals surface area (Å²) in [4.78, 5) is 122. The molecular formula is C47H49Br2F2N4O16PS. The molecule has 26 heteroatoms. The first-order chi connectivity index (χ1) is 34.2. The van der Waals surface area contributed by atoms with Crippen LogP contribution >= 0.6 is 51.0 Å². The van der Waals surface area contributed by atoms with E-state index in [2.05, 4.69) is 52.3 Å². The Balaban J connectivity index is 0.913. The molecule has 392 valence electrons. The summed E-state index contributed by atoms with van der Waals surface area (Å²) in [7, 11) is -5.19. The number of phosphoric acid groups is 1. The second-order valence-electron chi connectivity index (χ2n) is 19.3. The number of nitrogens with one attached hydrogen (secondary N) is 3. The number of ketones is 2. The van der Waals surface area contributed by atoms with Crippen molar-refractivity contribution >= 4 is 104 Å². The average Bonchev–Trinajstić information content (AvgIpc) is 4.06. The minimum Gasteiger partial charge on any atom is -0.481 e. The van der Waals surface area contributed by atoms with Crippen molar-refractivity contribution in [2.24, 2.45) is 22.7 Å². The number of phosphoric ester groups is 1. The number of allylic oxidation sites excluding steroid dienone is 4. The predicted molar refractivity (Wildman–Crippen MR) is 259 cm³/mol. The third kappa shape index (κ3) is 10.0. The number of alkyl halides is 2. The van der Waals surface area contributed by atoms with Crippen LogP contribution < -0.4 is 16.0 Å². The topological polar surface area (TPSA) is 302 Å². The van der Waals surface area contributed by atoms with Gasteiger partial charge in [0.05, 0.1) is 18.8 Å². The van der Waals surface area contributed by atoms with E-state index in [0.717, 1.165) is 27.5 Å². The molecule has 0 spiro atoms. The number of Topliss-reactive ketones (excluding diaryl/α,β-unsaturated/α-hetero) is 1. The maximum absolute atomic E-state index is 17.9. The Morgan fingerprint density at radius 2 is 1.70 bits per heavy atom. The minimum atomic E-state index is -5.19. The van der Waals surface area contributed by atoms with Crippen molar-refractivity contribution < 1.29 is 85.7 Å². The molecule has 1 saturated heterocycles. The summed E-state index contributed by atoms with van der Waals surface area (Å²) >= 11 is 7.30. The summed E-state index contributed by atoms with van der Waals surface area (Å²) in [5, 5.41) is 30.3. The number of carboxylic acids is 1.